The minimum Gasteiger partial charge on any atom is -0.462 e. The molecule has 6 fully saturated rings. The lowest BCUT2D eigenvalue weighted by Gasteiger charge is -2.57. The van der Waals surface area contributed by atoms with Crippen LogP contribution in [0.15, 0.2) is 0 Å². The first-order valence-electron chi connectivity index (χ1n) is 10.5. The third kappa shape index (κ3) is 1.64. The fourth-order valence-corrected chi connectivity index (χ4v) is 8.33. The van der Waals surface area contributed by atoms with Gasteiger partial charge in [-0.15, -0.1) is 0 Å². The number of hydrogen-bond donors (Lipinski definition) is 1. The number of ether oxygens (including phenoxy) is 3. The molecule has 0 aromatic carbocycles. The van der Waals surface area contributed by atoms with Gasteiger partial charge in [-0.25, -0.2) is 0 Å². The van der Waals surface area contributed by atoms with E-state index in [1.54, 1.807) is 0 Å². The molecular weight excluding hydrogens is 332 g/mol. The smallest absolute Gasteiger partial charge is 0.302 e. The molecule has 144 valence electrons. The molecule has 2 heterocycles. The first-order valence-corrected chi connectivity index (χ1v) is 10.5. The maximum absolute atomic E-state index is 11.6. The van der Waals surface area contributed by atoms with E-state index < -0.39 is 0 Å². The van der Waals surface area contributed by atoms with Gasteiger partial charge in [0.1, 0.15) is 23.9 Å². The fourth-order valence-electron chi connectivity index (χ4n) is 8.33. The summed E-state index contributed by atoms with van der Waals surface area (Å²) >= 11 is 0. The molecule has 1 N–H and O–H groups in total. The molecule has 0 aromatic heterocycles. The van der Waals surface area contributed by atoms with E-state index >= 15 is 0 Å². The van der Waals surface area contributed by atoms with E-state index in [9.17, 15) is 9.90 Å². The van der Waals surface area contributed by atoms with E-state index in [0.717, 1.165) is 38.5 Å². The number of carbonyl (C=O) groups is 1. The van der Waals surface area contributed by atoms with Crippen LogP contribution < -0.4 is 0 Å². The molecule has 2 aliphatic heterocycles. The van der Waals surface area contributed by atoms with Crippen molar-refractivity contribution in [3.05, 3.63) is 0 Å². The Morgan fingerprint density at radius 2 is 1.88 bits per heavy atom. The Hall–Kier alpha value is -0.650. The third-order valence-corrected chi connectivity index (χ3v) is 9.59. The summed E-state index contributed by atoms with van der Waals surface area (Å²) in [5, 5.41) is 10.4. The third-order valence-electron chi connectivity index (χ3n) is 9.59. The number of fused-ring (bicyclic) bond motifs is 6. The predicted octanol–water partition coefficient (Wildman–Crippen LogP) is 2.44. The minimum absolute atomic E-state index is 0.0112. The first-order chi connectivity index (χ1) is 12.3. The Kier molecular flexibility index (Phi) is 2.93. The Bertz CT molecular complexity index is 679. The first kappa shape index (κ1) is 16.3. The lowest BCUT2D eigenvalue weighted by molar-refractivity contribution is -0.159. The number of carbonyl (C=O) groups excluding carboxylic acids is 1. The molecule has 1 spiro atoms. The maximum Gasteiger partial charge on any atom is 0.302 e. The van der Waals surface area contributed by atoms with Gasteiger partial charge in [-0.3, -0.25) is 4.79 Å². The van der Waals surface area contributed by atoms with Gasteiger partial charge in [0.25, 0.3) is 0 Å². The van der Waals surface area contributed by atoms with Gasteiger partial charge in [0.2, 0.25) is 0 Å². The van der Waals surface area contributed by atoms with Crippen molar-refractivity contribution in [3.63, 3.8) is 0 Å². The normalized spacial score (nSPS) is 64.3. The molecule has 26 heavy (non-hydrogen) atoms. The lowest BCUT2D eigenvalue weighted by Crippen LogP contribution is -2.62. The van der Waals surface area contributed by atoms with Gasteiger partial charge < -0.3 is 19.3 Å². The fraction of sp³-hybridized carbons (Fsp3) is 0.952. The molecule has 2 saturated heterocycles. The molecular formula is C21H30O5. The number of esters is 1. The average Bonchev–Trinajstić information content (AvgIpc) is 3.46. The van der Waals surface area contributed by atoms with E-state index in [4.69, 9.17) is 14.2 Å². The van der Waals surface area contributed by atoms with Crippen molar-refractivity contribution in [2.45, 2.75) is 95.4 Å². The minimum atomic E-state index is -0.321. The van der Waals surface area contributed by atoms with Crippen molar-refractivity contribution in [3.8, 4) is 0 Å². The molecule has 0 unspecified atom stereocenters. The second-order valence-electron chi connectivity index (χ2n) is 10.4. The van der Waals surface area contributed by atoms with Gasteiger partial charge >= 0.3 is 5.97 Å². The Balaban J connectivity index is 1.36. The van der Waals surface area contributed by atoms with E-state index in [0.29, 0.717) is 17.8 Å². The second-order valence-corrected chi connectivity index (χ2v) is 10.4. The zero-order valence-corrected chi connectivity index (χ0v) is 15.9. The summed E-state index contributed by atoms with van der Waals surface area (Å²) in [5.41, 5.74) is -0.0274. The Labute approximate surface area is 154 Å². The highest BCUT2D eigenvalue weighted by Gasteiger charge is 2.86. The van der Waals surface area contributed by atoms with Crippen LogP contribution in [0.3, 0.4) is 0 Å². The molecule has 4 aliphatic carbocycles. The van der Waals surface area contributed by atoms with Crippen LogP contribution in [-0.4, -0.2) is 47.2 Å². The second kappa shape index (κ2) is 4.66. The number of rotatable bonds is 1. The summed E-state index contributed by atoms with van der Waals surface area (Å²) in [4.78, 5) is 11.6. The molecule has 0 bridgehead atoms. The summed E-state index contributed by atoms with van der Waals surface area (Å²) in [6, 6.07) is 0. The standard InChI is InChI=1S/C21H30O5/c1-10(22)24-14-5-4-11-15-12(6-8-19(11,14)2)20(3)9-7-13(23)17-21(20,26-17)18-16(15)25-18/h11-18,23H,4-9H2,1-3H3/t11-,12-,13-,14-,15-,16-,17-,18-,19-,20+,21-/m0/s1. The van der Waals surface area contributed by atoms with E-state index in [1.807, 2.05) is 0 Å². The van der Waals surface area contributed by atoms with Crippen LogP contribution in [0.1, 0.15) is 59.3 Å². The van der Waals surface area contributed by atoms with E-state index in [-0.39, 0.29) is 52.9 Å². The summed E-state index contributed by atoms with van der Waals surface area (Å²) in [6.45, 7) is 6.29. The number of hydrogen-bond acceptors (Lipinski definition) is 5. The quantitative estimate of drug-likeness (QED) is 0.573. The summed E-state index contributed by atoms with van der Waals surface area (Å²) in [7, 11) is 0. The van der Waals surface area contributed by atoms with Crippen molar-refractivity contribution < 1.29 is 24.1 Å². The van der Waals surface area contributed by atoms with Crippen LogP contribution in [0.5, 0.6) is 0 Å². The van der Waals surface area contributed by atoms with Gasteiger partial charge in [0.15, 0.2) is 0 Å². The zero-order valence-electron chi connectivity index (χ0n) is 15.9. The lowest BCUT2D eigenvalue weighted by atomic mass is 9.45. The molecule has 6 aliphatic rings. The van der Waals surface area contributed by atoms with Crippen molar-refractivity contribution >= 4 is 5.97 Å². The van der Waals surface area contributed by atoms with Crippen molar-refractivity contribution in [1.29, 1.82) is 0 Å². The molecule has 4 saturated carbocycles. The highest BCUT2D eigenvalue weighted by atomic mass is 16.7. The molecule has 5 nitrogen and oxygen atoms in total. The van der Waals surface area contributed by atoms with Crippen molar-refractivity contribution in [2.75, 3.05) is 0 Å². The highest BCUT2D eigenvalue weighted by molar-refractivity contribution is 5.66. The molecule has 0 radical (unpaired) electrons. The van der Waals surface area contributed by atoms with Gasteiger partial charge in [0.05, 0.1) is 12.2 Å². The van der Waals surface area contributed by atoms with Gasteiger partial charge in [-0.2, -0.15) is 0 Å². The molecule has 11 atom stereocenters. The number of aliphatic hydroxyl groups excluding tert-OH is 1. The summed E-state index contributed by atoms with van der Waals surface area (Å²) in [5.74, 6) is 1.57. The van der Waals surface area contributed by atoms with Gasteiger partial charge in [0, 0.05) is 17.8 Å². The van der Waals surface area contributed by atoms with Crippen molar-refractivity contribution in [1.82, 2.24) is 0 Å². The zero-order chi connectivity index (χ0) is 18.1. The molecule has 0 aromatic rings. The van der Waals surface area contributed by atoms with Crippen LogP contribution in [0, 0.1) is 28.6 Å². The van der Waals surface area contributed by atoms with Gasteiger partial charge in [-0.1, -0.05) is 13.8 Å². The monoisotopic (exact) mass is 362 g/mol. The van der Waals surface area contributed by atoms with E-state index in [2.05, 4.69) is 13.8 Å². The molecule has 0 amide bonds. The van der Waals surface area contributed by atoms with Crippen LogP contribution in [0.2, 0.25) is 0 Å². The molecule has 6 rings (SSSR count). The Morgan fingerprint density at radius 1 is 1.08 bits per heavy atom. The maximum atomic E-state index is 11.6. The van der Waals surface area contributed by atoms with E-state index in [1.165, 1.54) is 6.92 Å². The SMILES string of the molecule is CC(=O)O[C@H]1CC[C@H]2[C@@H]3[C@@H]4O[C@@H]4[C@@]45O[C@H]4[C@@H](O)CC[C@]5(C)[C@H]3CC[C@]12C. The van der Waals surface area contributed by atoms with Crippen LogP contribution in [-0.2, 0) is 19.0 Å². The Morgan fingerprint density at radius 3 is 2.65 bits per heavy atom. The van der Waals surface area contributed by atoms with Crippen LogP contribution in [0.25, 0.3) is 0 Å². The average molecular weight is 362 g/mol. The number of epoxide rings is 2. The molecule has 5 heteroatoms. The largest absolute Gasteiger partial charge is 0.462 e. The van der Waals surface area contributed by atoms with Crippen molar-refractivity contribution in [2.24, 2.45) is 28.6 Å². The van der Waals surface area contributed by atoms with Crippen LogP contribution in [0.4, 0.5) is 0 Å². The summed E-state index contributed by atoms with van der Waals surface area (Å²) < 4.78 is 18.3. The predicted molar refractivity (Wildman–Crippen MR) is 92.2 cm³/mol. The van der Waals surface area contributed by atoms with Crippen LogP contribution >= 0.6 is 0 Å². The number of aliphatic hydroxyl groups is 1. The summed E-state index contributed by atoms with van der Waals surface area (Å²) in [6.07, 6.45) is 6.47. The topological polar surface area (TPSA) is 71.6 Å². The van der Waals surface area contributed by atoms with Gasteiger partial charge in [-0.05, 0) is 56.3 Å². The highest BCUT2D eigenvalue weighted by Crippen LogP contribution is 2.76.